The number of ether oxygens (including phenoxy) is 2. The molecule has 1 amide bonds. The Balaban J connectivity index is 1.89. The van der Waals surface area contributed by atoms with E-state index < -0.39 is 18.0 Å². The minimum absolute atomic E-state index is 0.273. The maximum Gasteiger partial charge on any atom is 0.344 e. The van der Waals surface area contributed by atoms with E-state index >= 15 is 0 Å². The van der Waals surface area contributed by atoms with E-state index in [1.54, 1.807) is 24.3 Å². The Bertz CT molecular complexity index is 803. The van der Waals surface area contributed by atoms with Crippen LogP contribution in [0.2, 0.25) is 10.0 Å². The van der Waals surface area contributed by atoms with Crippen molar-refractivity contribution in [1.82, 2.24) is 0 Å². The van der Waals surface area contributed by atoms with Crippen molar-refractivity contribution >= 4 is 40.8 Å². The Kier molecular flexibility index (Phi) is 6.89. The largest absolute Gasteiger partial charge is 0.482 e. The fraction of sp³-hybridized carbons (Fsp3) is 0.263. The van der Waals surface area contributed by atoms with E-state index in [0.29, 0.717) is 15.8 Å². The van der Waals surface area contributed by atoms with E-state index in [1.165, 1.54) is 6.92 Å². The maximum absolute atomic E-state index is 12.2. The molecule has 0 aliphatic carbocycles. The zero-order chi connectivity index (χ0) is 19.3. The van der Waals surface area contributed by atoms with Crippen molar-refractivity contribution < 1.29 is 19.1 Å². The molecule has 0 spiro atoms. The third-order valence-electron chi connectivity index (χ3n) is 3.56. The molecule has 0 heterocycles. The molecule has 0 unspecified atom stereocenters. The summed E-state index contributed by atoms with van der Waals surface area (Å²) in [5.74, 6) is -0.606. The summed E-state index contributed by atoms with van der Waals surface area (Å²) < 4.78 is 10.5. The van der Waals surface area contributed by atoms with E-state index in [-0.39, 0.29) is 12.3 Å². The summed E-state index contributed by atoms with van der Waals surface area (Å²) in [6.07, 6.45) is -1.03. The van der Waals surface area contributed by atoms with E-state index in [1.807, 2.05) is 26.0 Å². The highest BCUT2D eigenvalue weighted by Gasteiger charge is 2.20. The Morgan fingerprint density at radius 3 is 2.38 bits per heavy atom. The molecule has 2 rings (SSSR count). The predicted molar refractivity (Wildman–Crippen MR) is 102 cm³/mol. The standard InChI is InChI=1S/C19H19Cl2NO4/c1-11-7-8-16(12(2)9-11)25-10-17(23)26-13(3)19(24)22-18-14(20)5-4-6-15(18)21/h4-9,13H,10H2,1-3H3,(H,22,24)/t13-/m0/s1. The number of halogens is 2. The van der Waals surface area contributed by atoms with Crippen LogP contribution in [0.3, 0.4) is 0 Å². The summed E-state index contributed by atoms with van der Waals surface area (Å²) in [4.78, 5) is 24.1. The van der Waals surface area contributed by atoms with Gasteiger partial charge in [0.25, 0.3) is 5.91 Å². The van der Waals surface area contributed by atoms with Gasteiger partial charge in [0.05, 0.1) is 15.7 Å². The zero-order valence-corrected chi connectivity index (χ0v) is 16.1. The fourth-order valence-corrected chi connectivity index (χ4v) is 2.72. The van der Waals surface area contributed by atoms with Gasteiger partial charge < -0.3 is 14.8 Å². The minimum Gasteiger partial charge on any atom is -0.482 e. The van der Waals surface area contributed by atoms with Crippen LogP contribution in [0, 0.1) is 13.8 Å². The van der Waals surface area contributed by atoms with Crippen LogP contribution in [-0.2, 0) is 14.3 Å². The molecule has 1 atom stereocenters. The average Bonchev–Trinajstić information content (AvgIpc) is 2.57. The lowest BCUT2D eigenvalue weighted by molar-refractivity contribution is -0.155. The maximum atomic E-state index is 12.2. The number of amides is 1. The van der Waals surface area contributed by atoms with E-state index in [2.05, 4.69) is 5.32 Å². The third kappa shape index (κ3) is 5.38. The number of anilines is 1. The second-order valence-electron chi connectivity index (χ2n) is 5.78. The van der Waals surface area contributed by atoms with Crippen molar-refractivity contribution in [3.05, 3.63) is 57.6 Å². The number of benzene rings is 2. The first-order valence-corrected chi connectivity index (χ1v) is 8.68. The van der Waals surface area contributed by atoms with Crippen molar-refractivity contribution in [3.8, 4) is 5.75 Å². The monoisotopic (exact) mass is 395 g/mol. The summed E-state index contributed by atoms with van der Waals surface area (Å²) in [7, 11) is 0. The van der Waals surface area contributed by atoms with Crippen LogP contribution in [0.5, 0.6) is 5.75 Å². The first kappa shape index (κ1) is 20.1. The average molecular weight is 396 g/mol. The molecule has 0 aliphatic heterocycles. The molecule has 0 radical (unpaired) electrons. The minimum atomic E-state index is -1.03. The zero-order valence-electron chi connectivity index (χ0n) is 14.6. The highest BCUT2D eigenvalue weighted by molar-refractivity contribution is 6.39. The summed E-state index contributed by atoms with van der Waals surface area (Å²) in [5, 5.41) is 3.14. The summed E-state index contributed by atoms with van der Waals surface area (Å²) in [6.45, 7) is 5.01. The van der Waals surface area contributed by atoms with Crippen molar-refractivity contribution in [2.75, 3.05) is 11.9 Å². The number of aryl methyl sites for hydroxylation is 2. The number of carbonyl (C=O) groups is 2. The number of hydrogen-bond acceptors (Lipinski definition) is 4. The van der Waals surface area contributed by atoms with Gasteiger partial charge in [0.15, 0.2) is 12.7 Å². The van der Waals surface area contributed by atoms with Crippen LogP contribution in [0.15, 0.2) is 36.4 Å². The Morgan fingerprint density at radius 1 is 1.12 bits per heavy atom. The molecule has 26 heavy (non-hydrogen) atoms. The lowest BCUT2D eigenvalue weighted by Crippen LogP contribution is -2.31. The van der Waals surface area contributed by atoms with Gasteiger partial charge >= 0.3 is 5.97 Å². The molecular formula is C19H19Cl2NO4. The number of hydrogen-bond donors (Lipinski definition) is 1. The number of nitrogens with one attached hydrogen (secondary N) is 1. The third-order valence-corrected chi connectivity index (χ3v) is 4.19. The number of esters is 1. The number of rotatable bonds is 6. The van der Waals surface area contributed by atoms with Gasteiger partial charge in [-0.3, -0.25) is 4.79 Å². The first-order valence-electron chi connectivity index (χ1n) is 7.92. The molecule has 0 bridgehead atoms. The van der Waals surface area contributed by atoms with Crippen molar-refractivity contribution in [1.29, 1.82) is 0 Å². The molecule has 5 nitrogen and oxygen atoms in total. The lowest BCUT2D eigenvalue weighted by Gasteiger charge is -2.15. The Labute approximate surface area is 162 Å². The van der Waals surface area contributed by atoms with Gasteiger partial charge in [0.1, 0.15) is 5.75 Å². The van der Waals surface area contributed by atoms with Gasteiger partial charge in [0, 0.05) is 0 Å². The summed E-state index contributed by atoms with van der Waals surface area (Å²) in [5.41, 5.74) is 2.29. The molecule has 2 aromatic rings. The molecule has 0 aliphatic rings. The van der Waals surface area contributed by atoms with Crippen LogP contribution in [0.1, 0.15) is 18.1 Å². The molecule has 0 fully saturated rings. The van der Waals surface area contributed by atoms with Crippen LogP contribution in [0.25, 0.3) is 0 Å². The van der Waals surface area contributed by atoms with Crippen LogP contribution in [0.4, 0.5) is 5.69 Å². The Hall–Kier alpha value is -2.24. The van der Waals surface area contributed by atoms with Gasteiger partial charge in [-0.2, -0.15) is 0 Å². The first-order chi connectivity index (χ1) is 12.3. The second-order valence-corrected chi connectivity index (χ2v) is 6.59. The number of carbonyl (C=O) groups excluding carboxylic acids is 2. The van der Waals surface area contributed by atoms with Gasteiger partial charge in [-0.1, -0.05) is 47.0 Å². The van der Waals surface area contributed by atoms with Crippen molar-refractivity contribution in [3.63, 3.8) is 0 Å². The lowest BCUT2D eigenvalue weighted by atomic mass is 10.1. The molecule has 0 saturated heterocycles. The van der Waals surface area contributed by atoms with Crippen molar-refractivity contribution in [2.45, 2.75) is 26.9 Å². The van der Waals surface area contributed by atoms with E-state index in [4.69, 9.17) is 32.7 Å². The molecular weight excluding hydrogens is 377 g/mol. The molecule has 138 valence electrons. The molecule has 2 aromatic carbocycles. The molecule has 1 N–H and O–H groups in total. The van der Waals surface area contributed by atoms with Crippen LogP contribution in [-0.4, -0.2) is 24.6 Å². The topological polar surface area (TPSA) is 64.6 Å². The highest BCUT2D eigenvalue weighted by Crippen LogP contribution is 2.29. The molecule has 0 saturated carbocycles. The van der Waals surface area contributed by atoms with Gasteiger partial charge in [-0.15, -0.1) is 0 Å². The molecule has 0 aromatic heterocycles. The van der Waals surface area contributed by atoms with E-state index in [0.717, 1.165) is 11.1 Å². The van der Waals surface area contributed by atoms with Gasteiger partial charge in [0.2, 0.25) is 0 Å². The van der Waals surface area contributed by atoms with Gasteiger partial charge in [-0.25, -0.2) is 4.79 Å². The predicted octanol–water partition coefficient (Wildman–Crippen LogP) is 4.56. The summed E-state index contributed by atoms with van der Waals surface area (Å²) >= 11 is 12.0. The fourth-order valence-electron chi connectivity index (χ4n) is 2.22. The smallest absolute Gasteiger partial charge is 0.344 e. The van der Waals surface area contributed by atoms with Crippen molar-refractivity contribution in [2.24, 2.45) is 0 Å². The normalized spacial score (nSPS) is 11.6. The van der Waals surface area contributed by atoms with E-state index in [9.17, 15) is 9.59 Å². The highest BCUT2D eigenvalue weighted by atomic mass is 35.5. The Morgan fingerprint density at radius 2 is 1.77 bits per heavy atom. The quantitative estimate of drug-likeness (QED) is 0.728. The SMILES string of the molecule is Cc1ccc(OCC(=O)O[C@@H](C)C(=O)Nc2c(Cl)cccc2Cl)c(C)c1. The van der Waals surface area contributed by atoms with Crippen LogP contribution >= 0.6 is 23.2 Å². The molecule has 7 heteroatoms. The number of para-hydroxylation sites is 1. The van der Waals surface area contributed by atoms with Crippen LogP contribution < -0.4 is 10.1 Å². The van der Waals surface area contributed by atoms with Gasteiger partial charge in [-0.05, 0) is 44.5 Å². The second kappa shape index (κ2) is 8.92. The summed E-state index contributed by atoms with van der Waals surface area (Å²) in [6, 6.07) is 10.5.